The topological polar surface area (TPSA) is 95.2 Å². The van der Waals surface area contributed by atoms with Crippen molar-refractivity contribution in [3.05, 3.63) is 86.1 Å². The first-order chi connectivity index (χ1) is 20.3. The van der Waals surface area contributed by atoms with Crippen molar-refractivity contribution in [3.63, 3.8) is 0 Å². The molecule has 1 fully saturated rings. The van der Waals surface area contributed by atoms with E-state index in [1.807, 2.05) is 43.3 Å². The molecule has 0 spiro atoms. The van der Waals surface area contributed by atoms with E-state index in [9.17, 15) is 9.59 Å². The van der Waals surface area contributed by atoms with Crippen LogP contribution in [-0.4, -0.2) is 66.7 Å². The Labute approximate surface area is 252 Å². The number of morpholine rings is 1. The molecule has 3 aromatic carbocycles. The summed E-state index contributed by atoms with van der Waals surface area (Å²) in [6.45, 7) is 8.15. The van der Waals surface area contributed by atoms with Crippen molar-refractivity contribution in [2.45, 2.75) is 26.7 Å². The Hall–Kier alpha value is -4.02. The molecule has 0 radical (unpaired) electrons. The summed E-state index contributed by atoms with van der Waals surface area (Å²) in [6, 6.07) is 16.6. The highest BCUT2D eigenvalue weighted by Crippen LogP contribution is 2.34. The summed E-state index contributed by atoms with van der Waals surface area (Å²) >= 11 is 3.51. The largest absolute Gasteiger partial charge is 0.496 e. The molecular formula is C32H33BrN4O5. The van der Waals surface area contributed by atoms with E-state index in [0.717, 1.165) is 26.9 Å². The fraction of sp³-hybridized carbons (Fsp3) is 0.312. The molecule has 0 N–H and O–H groups in total. The molecule has 0 saturated carbocycles. The van der Waals surface area contributed by atoms with Crippen molar-refractivity contribution >= 4 is 39.0 Å². The number of rotatable bonds is 8. The van der Waals surface area contributed by atoms with Crippen molar-refractivity contribution in [3.8, 4) is 22.9 Å². The first-order valence-electron chi connectivity index (χ1n) is 13.8. The van der Waals surface area contributed by atoms with E-state index in [-0.39, 0.29) is 24.0 Å². The van der Waals surface area contributed by atoms with E-state index >= 15 is 0 Å². The maximum atomic E-state index is 13.8. The zero-order valence-electron chi connectivity index (χ0n) is 24.1. The smallest absolute Gasteiger partial charge is 0.282 e. The number of aryl methyl sites for hydroxylation is 1. The maximum Gasteiger partial charge on any atom is 0.282 e. The molecule has 9 nitrogen and oxygen atoms in total. The molecule has 1 aromatic heterocycles. The average Bonchev–Trinajstić information content (AvgIpc) is 3.00. The molecule has 42 heavy (non-hydrogen) atoms. The summed E-state index contributed by atoms with van der Waals surface area (Å²) < 4.78 is 19.0. The monoisotopic (exact) mass is 632 g/mol. The van der Waals surface area contributed by atoms with Gasteiger partial charge in [0.1, 0.15) is 11.5 Å². The fourth-order valence-corrected chi connectivity index (χ4v) is 5.27. The molecule has 4 aromatic rings. The van der Waals surface area contributed by atoms with Gasteiger partial charge in [0, 0.05) is 28.7 Å². The molecule has 1 aliphatic heterocycles. The van der Waals surface area contributed by atoms with Gasteiger partial charge in [-0.1, -0.05) is 41.9 Å². The lowest BCUT2D eigenvalue weighted by Crippen LogP contribution is -2.43. The van der Waals surface area contributed by atoms with Gasteiger partial charge in [-0.05, 0) is 66.4 Å². The van der Waals surface area contributed by atoms with Crippen LogP contribution in [0.15, 0.2) is 69.0 Å². The second-order valence-electron chi connectivity index (χ2n) is 10.3. The van der Waals surface area contributed by atoms with E-state index in [1.54, 1.807) is 36.4 Å². The van der Waals surface area contributed by atoms with E-state index in [2.05, 4.69) is 34.9 Å². The zero-order chi connectivity index (χ0) is 29.8. The third kappa shape index (κ3) is 6.24. The number of carbonyl (C=O) groups excluding carboxylic acids is 1. The summed E-state index contributed by atoms with van der Waals surface area (Å²) in [5.74, 6) is 1.74. The van der Waals surface area contributed by atoms with E-state index in [1.165, 1.54) is 4.68 Å². The maximum absolute atomic E-state index is 13.8. The number of nitrogens with zero attached hydrogens (tertiary/aromatic N) is 4. The van der Waals surface area contributed by atoms with Crippen LogP contribution in [0.2, 0.25) is 0 Å². The number of aromatic nitrogens is 2. The van der Waals surface area contributed by atoms with Crippen LogP contribution in [-0.2, 0) is 9.53 Å². The second-order valence-corrected chi connectivity index (χ2v) is 11.3. The van der Waals surface area contributed by atoms with Crippen LogP contribution in [0, 0.1) is 6.92 Å². The summed E-state index contributed by atoms with van der Waals surface area (Å²) in [5.41, 5.74) is 3.56. The third-order valence-corrected chi connectivity index (χ3v) is 7.69. The van der Waals surface area contributed by atoms with Crippen LogP contribution in [0.25, 0.3) is 22.3 Å². The Morgan fingerprint density at radius 2 is 1.88 bits per heavy atom. The lowest BCUT2D eigenvalue weighted by atomic mass is 9.96. The van der Waals surface area contributed by atoms with Crippen molar-refractivity contribution in [1.82, 2.24) is 14.6 Å². The van der Waals surface area contributed by atoms with Gasteiger partial charge in [0.05, 0.1) is 37.4 Å². The van der Waals surface area contributed by atoms with Gasteiger partial charge in [-0.25, -0.2) is 4.98 Å². The Morgan fingerprint density at radius 3 is 2.62 bits per heavy atom. The number of carbonyl (C=O) groups is 1. The molecule has 0 unspecified atom stereocenters. The number of methoxy groups -OCH3 is 1. The van der Waals surface area contributed by atoms with Crippen LogP contribution >= 0.6 is 15.9 Å². The normalized spacial score (nSPS) is 13.7. The molecule has 1 saturated heterocycles. The molecule has 5 rings (SSSR count). The molecule has 10 heteroatoms. The van der Waals surface area contributed by atoms with E-state index in [0.29, 0.717) is 54.3 Å². The van der Waals surface area contributed by atoms with Gasteiger partial charge >= 0.3 is 0 Å². The van der Waals surface area contributed by atoms with Crippen molar-refractivity contribution in [2.24, 2.45) is 5.10 Å². The average molecular weight is 634 g/mol. The SMILES string of the molecule is COc1cc(C)c(-c2nc3ccccc3c(=O)n2N=Cc2cc(Br)ccc2OCC(=O)N2CCOCC2)cc1C(C)C. The minimum absolute atomic E-state index is 0.114. The molecule has 0 aliphatic carbocycles. The first-order valence-corrected chi connectivity index (χ1v) is 14.6. The minimum atomic E-state index is -0.298. The van der Waals surface area contributed by atoms with Gasteiger partial charge in [0.25, 0.3) is 11.5 Å². The molecule has 1 aliphatic rings. The predicted octanol–water partition coefficient (Wildman–Crippen LogP) is 5.39. The van der Waals surface area contributed by atoms with Crippen LogP contribution in [0.4, 0.5) is 0 Å². The van der Waals surface area contributed by atoms with Gasteiger partial charge in [-0.3, -0.25) is 9.59 Å². The highest BCUT2D eigenvalue weighted by Gasteiger charge is 2.20. The van der Waals surface area contributed by atoms with Gasteiger partial charge in [0.2, 0.25) is 0 Å². The lowest BCUT2D eigenvalue weighted by Gasteiger charge is -2.26. The molecule has 0 atom stereocenters. The number of ether oxygens (including phenoxy) is 3. The van der Waals surface area contributed by atoms with Gasteiger partial charge < -0.3 is 19.1 Å². The van der Waals surface area contributed by atoms with Crippen molar-refractivity contribution < 1.29 is 19.0 Å². The number of para-hydroxylation sites is 1. The van der Waals surface area contributed by atoms with Gasteiger partial charge in [-0.15, -0.1) is 0 Å². The quantitative estimate of drug-likeness (QED) is 0.242. The van der Waals surface area contributed by atoms with Gasteiger partial charge in [-0.2, -0.15) is 9.78 Å². The Bertz CT molecular complexity index is 1710. The van der Waals surface area contributed by atoms with Crippen LogP contribution in [0.1, 0.15) is 36.5 Å². The van der Waals surface area contributed by atoms with Crippen LogP contribution in [0.5, 0.6) is 11.5 Å². The van der Waals surface area contributed by atoms with Crippen molar-refractivity contribution in [2.75, 3.05) is 40.0 Å². The lowest BCUT2D eigenvalue weighted by molar-refractivity contribution is -0.137. The Morgan fingerprint density at radius 1 is 1.12 bits per heavy atom. The number of benzene rings is 3. The molecular weight excluding hydrogens is 600 g/mol. The standard InChI is InChI=1S/C32H33BrN4O5/c1-20(2)25-17-26(21(3)15-29(25)40-4)31-35-27-8-6-5-7-24(27)32(39)37(31)34-18-22-16-23(33)9-10-28(22)42-19-30(38)36-11-13-41-14-12-36/h5-10,15-18,20H,11-14,19H2,1-4H3. The van der Waals surface area contributed by atoms with Crippen LogP contribution in [0.3, 0.4) is 0 Å². The second kappa shape index (κ2) is 12.9. The third-order valence-electron chi connectivity index (χ3n) is 7.19. The first kappa shape index (κ1) is 29.5. The molecule has 0 bridgehead atoms. The summed E-state index contributed by atoms with van der Waals surface area (Å²) in [6.07, 6.45) is 1.56. The van der Waals surface area contributed by atoms with Gasteiger partial charge in [0.15, 0.2) is 12.4 Å². The number of fused-ring (bicyclic) bond motifs is 1. The van der Waals surface area contributed by atoms with Crippen LogP contribution < -0.4 is 15.0 Å². The molecule has 1 amide bonds. The number of halogens is 1. The fourth-order valence-electron chi connectivity index (χ4n) is 4.89. The highest BCUT2D eigenvalue weighted by atomic mass is 79.9. The molecule has 2 heterocycles. The predicted molar refractivity (Wildman–Crippen MR) is 167 cm³/mol. The summed E-state index contributed by atoms with van der Waals surface area (Å²) in [7, 11) is 1.65. The highest BCUT2D eigenvalue weighted by molar-refractivity contribution is 9.10. The summed E-state index contributed by atoms with van der Waals surface area (Å²) in [5, 5.41) is 5.11. The van der Waals surface area contributed by atoms with E-state index in [4.69, 9.17) is 19.2 Å². The number of hydrogen-bond donors (Lipinski definition) is 0. The zero-order valence-corrected chi connectivity index (χ0v) is 25.7. The van der Waals surface area contributed by atoms with Crippen molar-refractivity contribution in [1.29, 1.82) is 0 Å². The minimum Gasteiger partial charge on any atom is -0.496 e. The van der Waals surface area contributed by atoms with E-state index < -0.39 is 0 Å². The Balaban J connectivity index is 1.58. The number of amides is 1. The Kier molecular flexibility index (Phi) is 9.03. The summed E-state index contributed by atoms with van der Waals surface area (Å²) in [4.78, 5) is 33.1. The number of hydrogen-bond acceptors (Lipinski definition) is 7. The molecule has 218 valence electrons.